The van der Waals surface area contributed by atoms with Gasteiger partial charge in [0.25, 0.3) is 25.7 Å². The van der Waals surface area contributed by atoms with Gasteiger partial charge in [-0.1, -0.05) is 65.3 Å². The molecule has 0 unspecified atom stereocenters. The molecule has 8 aliphatic rings. The average molecular weight is 2190 g/mol. The van der Waals surface area contributed by atoms with Crippen LogP contribution in [0.3, 0.4) is 0 Å². The van der Waals surface area contributed by atoms with E-state index in [-0.39, 0.29) is 125 Å². The Balaban J connectivity index is 0.000000272. The molecule has 56 heteroatoms. The Labute approximate surface area is 888 Å². The van der Waals surface area contributed by atoms with E-state index in [1.54, 1.807) is 130 Å². The minimum atomic E-state index is -3.72. The van der Waals surface area contributed by atoms with Crippen molar-refractivity contribution in [1.82, 2.24) is 47.8 Å². The maximum absolute atomic E-state index is 12.3. The number of aliphatic hydroxyl groups excluding tert-OH is 6. The van der Waals surface area contributed by atoms with Gasteiger partial charge in [-0.3, -0.25) is 92.7 Å². The van der Waals surface area contributed by atoms with E-state index in [9.17, 15) is 91.5 Å². The number of esters is 4. The zero-order valence-corrected chi connectivity index (χ0v) is 91.8. The van der Waals surface area contributed by atoms with Crippen LogP contribution in [-0.2, 0) is 113 Å². The first-order valence-electron chi connectivity index (χ1n) is 47.0. The average Bonchev–Trinajstić information content (AvgIpc) is 1.58. The minimum Gasteiger partial charge on any atom is -1.00 e. The fourth-order valence-corrected chi connectivity index (χ4v) is 17.1. The number of carbonyl (C=O) groups is 4. The Morgan fingerprint density at radius 2 is 0.698 bits per heavy atom. The summed E-state index contributed by atoms with van der Waals surface area (Å²) in [7, 11) is 1.94. The fraction of sp³-hybridized carbons (Fsp3) is 0.677. The molecule has 0 saturated carbocycles. The maximum atomic E-state index is 12.3. The predicted molar refractivity (Wildman–Crippen MR) is 519 cm³/mol. The molecule has 1 aromatic carbocycles. The molecule has 0 spiro atoms. The summed E-state index contributed by atoms with van der Waals surface area (Å²) in [5.74, 6) is -3.44. The molecule has 149 heavy (non-hydrogen) atoms. The van der Waals surface area contributed by atoms with Crippen molar-refractivity contribution in [3.8, 4) is 0 Å². The molecule has 52 nitrogen and oxygen atoms in total. The number of ether oxygens (including phenoxy) is 18. The summed E-state index contributed by atoms with van der Waals surface area (Å²) in [6.45, 7) is 42.2. The number of aromatic nitrogens is 10. The molecule has 8 fully saturated rings. The van der Waals surface area contributed by atoms with E-state index in [0.717, 1.165) is 38.1 Å². The third-order valence-electron chi connectivity index (χ3n) is 22.8. The number of H-pyrrole nitrogens is 3. The van der Waals surface area contributed by atoms with Crippen molar-refractivity contribution >= 4 is 66.8 Å². The molecule has 8 saturated heterocycles. The van der Waals surface area contributed by atoms with Gasteiger partial charge in [-0.25, -0.2) is 32.4 Å². The number of nitrogens with zero attached hydrogens (tertiary/aromatic N) is 7. The molecule has 5 aromatic heterocycles. The number of benzene rings is 1. The van der Waals surface area contributed by atoms with Gasteiger partial charge in [-0.2, -0.15) is 9.97 Å². The van der Waals surface area contributed by atoms with Gasteiger partial charge in [-0.15, -0.1) is 0 Å². The van der Waals surface area contributed by atoms with Crippen LogP contribution in [-0.4, -0.2) is 290 Å². The van der Waals surface area contributed by atoms with Crippen molar-refractivity contribution in [2.24, 2.45) is 21.7 Å². The number of carbonyl (C=O) groups excluding carboxylic acids is 4. The van der Waals surface area contributed by atoms with Crippen LogP contribution in [0.2, 0.25) is 0 Å². The van der Waals surface area contributed by atoms with Crippen LogP contribution < -0.4 is 85.6 Å². The second-order valence-electron chi connectivity index (χ2n) is 41.4. The third kappa shape index (κ3) is 34.3. The molecule has 0 amide bonds. The number of alkyl halides is 1. The van der Waals surface area contributed by atoms with E-state index in [4.69, 9.17) is 118 Å². The van der Waals surface area contributed by atoms with Crippen LogP contribution in [0, 0.1) is 21.7 Å². The summed E-state index contributed by atoms with van der Waals surface area (Å²) >= 11 is 5.16. The molecule has 8 aliphatic heterocycles. The molecule has 832 valence electrons. The van der Waals surface area contributed by atoms with Crippen molar-refractivity contribution in [3.63, 3.8) is 0 Å². The zero-order chi connectivity index (χ0) is 111. The molecule has 0 aliphatic carbocycles. The van der Waals surface area contributed by atoms with E-state index >= 15 is 0 Å². The largest absolute Gasteiger partial charge is 1.00 e. The fourth-order valence-electron chi connectivity index (χ4n) is 15.4. The van der Waals surface area contributed by atoms with Crippen LogP contribution in [0.15, 0.2) is 117 Å². The molecule has 13 heterocycles. The van der Waals surface area contributed by atoms with Gasteiger partial charge in [-0.05, 0) is 171 Å². The predicted octanol–water partition coefficient (Wildman–Crippen LogP) is 0.737. The molecule has 0 radical (unpaired) electrons. The zero-order valence-electron chi connectivity index (χ0n) is 88.5. The van der Waals surface area contributed by atoms with Gasteiger partial charge < -0.3 is 117 Å². The van der Waals surface area contributed by atoms with Crippen molar-refractivity contribution in [2.75, 3.05) is 70.4 Å². The van der Waals surface area contributed by atoms with Crippen LogP contribution in [0.1, 0.15) is 233 Å². The van der Waals surface area contributed by atoms with Crippen LogP contribution in [0.25, 0.3) is 0 Å². The second-order valence-corrected chi connectivity index (χ2v) is 44.1. The monoisotopic (exact) mass is 2190 g/mol. The number of hydrogen-bond acceptors (Lipinski definition) is 44. The quantitative estimate of drug-likeness (QED) is 0.00520. The maximum Gasteiger partial charge on any atom is 1.00 e. The number of fused-ring (bicyclic) bond motifs is 3. The number of hydrogen-bond donors (Lipinski definition) is 13. The molecule has 6 aromatic rings. The first-order valence-corrected chi connectivity index (χ1v) is 49.8. The van der Waals surface area contributed by atoms with Crippen molar-refractivity contribution in [3.05, 3.63) is 174 Å². The van der Waals surface area contributed by atoms with Gasteiger partial charge in [0, 0.05) is 59.9 Å². The molecule has 20 atom stereocenters. The molecule has 0 bridgehead atoms. The Hall–Kier alpha value is -8.85. The van der Waals surface area contributed by atoms with Crippen LogP contribution >= 0.6 is 22.3 Å². The second kappa shape index (κ2) is 53.3. The number of nitrogens with one attached hydrogen (secondary N) is 5. The number of anilines is 2. The topological polar surface area (TPSA) is 689 Å². The number of rotatable bonds is 26. The Morgan fingerprint density at radius 1 is 0.423 bits per heavy atom. The first-order chi connectivity index (χ1) is 68.6. The summed E-state index contributed by atoms with van der Waals surface area (Å²) in [6.07, 6.45) is -10.1. The SMILES string of the molecule is CC(C)(C)C(=O)OCCl.CC(C)(C)C(=O)OCOC[C@H]1O[C@@H](n2ccc(NO)nc2=O)[C@H](O)[C@@H]1O.CC(C)c1cc(C(C)C)c(S(=O)(=O)Cl)c(C(C)C)c1.CC1(C)O[C@@H]2[C@H](O1)[C@@H](CO)O[C@H]2n1ccc(=O)[nH]c1=O.CC1(C)O[C@@H]2[C@H](O1)[C@@H](COCOC(=O)C(C)(C)C)O[C@H]2n1ccc(=O)[nH]c1=O.CC1(C)O[C@@H]2[C@H](O1)[C@@H](COCOC(=O)C(C)(C)C)O[C@H]2n1ccc(NO)nc1=O.O=c1ccn([C@@H]2O[C@H](CO)[C@@H](O)[C@H]2O)c(=O)[nH]1.[H-].[Na+]. The minimum absolute atomic E-state index is 0. The smallest absolute Gasteiger partial charge is 1.00 e. The van der Waals surface area contributed by atoms with Gasteiger partial charge in [0.15, 0.2) is 86.6 Å². The number of aliphatic hydroxyl groups is 6. The Kier molecular flexibility index (Phi) is 45.5. The van der Waals surface area contributed by atoms with Crippen LogP contribution in [0.4, 0.5) is 11.6 Å². The standard InChI is InChI=1S/C18H27N3O8.C18H26N2O8.C15H23ClO2S.C15H23N3O8.C12H16N2O6.C9H12N2O6.C6H11ClO2.Na.H/c1-17(2,3)15(22)26-9-25-8-10-12-13(29-18(4,5)28-12)14(27-10)21-7-6-11(20-24)19-16(21)23;1-17(2,3)15(22)25-9-24-8-10-12-13(28-18(4,5)27-12)14(26-10)20-7-6-11(21)19-16(20)23;1-9(2)12-7-13(10(3)4)15(19(16,17)18)14(8-12)11(5)6;1-15(2,3)13(21)25-7-24-6-8-10(19)11(20)12(26-8)18-5-4-9(17-23)16-14(18)22;1-12(2)19-8-6(5-15)18-10(9(8)20-12)14-4-3-7(16)13-11(14)17;12-3-4-6(14)7(15)8(17-4)11-2-1-5(13)10-9(11)16;1-6(2,3)5(8)9-4-7;;/h6-7,10,12-14,24H,8-9H2,1-5H3,(H,19,20,23);6-7,10,12-14H,8-9H2,1-5H3,(H,19,21,23);7-11H,1-6H3;4-5,8,10-12,19-20,23H,6-7H2,1-3H3,(H,16,17,22);3-4,6,8-10,15H,5H2,1-2H3,(H,13,16,17);1-2,4,6-8,12,14-15H,3H2,(H,10,13,16);4H2,1-3H3;;/q;;;;;;;+1;-1/t2*10-,12-,13-,14-;;8-,10-,11-,12-;6-,8-,9-,10-;4-,6-,7-,8-;;;/m11.111.../s1. The number of aromatic amines is 3. The normalized spacial score (nSPS) is 26.2. The molecule has 14 rings (SSSR count). The van der Waals surface area contributed by atoms with Gasteiger partial charge in [0.1, 0.15) is 91.6 Å². The Morgan fingerprint density at radius 3 is 0.987 bits per heavy atom. The van der Waals surface area contributed by atoms with Gasteiger partial charge >= 0.3 is 81.9 Å². The van der Waals surface area contributed by atoms with E-state index in [2.05, 4.69) is 38.5 Å². The Bertz CT molecular complexity index is 6080. The summed E-state index contributed by atoms with van der Waals surface area (Å²) < 4.78 is 128. The third-order valence-corrected chi connectivity index (χ3v) is 24.4. The first kappa shape index (κ1) is 127. The van der Waals surface area contributed by atoms with Crippen molar-refractivity contribution < 1.29 is 185 Å². The van der Waals surface area contributed by atoms with Crippen molar-refractivity contribution in [1.29, 1.82) is 0 Å². The summed E-state index contributed by atoms with van der Waals surface area (Å²) in [4.78, 5) is 153. The molecule has 13 N–H and O–H groups in total. The van der Waals surface area contributed by atoms with Crippen molar-refractivity contribution in [2.45, 2.75) is 329 Å². The van der Waals surface area contributed by atoms with Gasteiger partial charge in [0.2, 0.25) is 0 Å². The van der Waals surface area contributed by atoms with Gasteiger partial charge in [0.05, 0.1) is 59.6 Å². The van der Waals surface area contributed by atoms with E-state index in [0.29, 0.717) is 10.8 Å². The van der Waals surface area contributed by atoms with E-state index in [1.165, 1.54) is 62.8 Å². The van der Waals surface area contributed by atoms with E-state index in [1.807, 2.05) is 50.3 Å². The summed E-state index contributed by atoms with van der Waals surface area (Å²) in [6, 6.07) is 10.2. The summed E-state index contributed by atoms with van der Waals surface area (Å²) in [5, 5.41) is 75.2. The number of halogens is 2. The molecular formula is C93H139Cl2N12NaO40S. The van der Waals surface area contributed by atoms with E-state index < -0.39 is 228 Å². The summed E-state index contributed by atoms with van der Waals surface area (Å²) in [5.41, 5.74) is -0.909. The molecular weight excluding hydrogens is 2050 g/mol. The van der Waals surface area contributed by atoms with Crippen LogP contribution in [0.5, 0.6) is 0 Å².